The maximum Gasteiger partial charge on any atom is 0.137 e. The summed E-state index contributed by atoms with van der Waals surface area (Å²) >= 11 is 1.48. The molecule has 0 bridgehead atoms. The highest BCUT2D eigenvalue weighted by molar-refractivity contribution is 7.99. The minimum atomic E-state index is -0.136. The summed E-state index contributed by atoms with van der Waals surface area (Å²) in [5.41, 5.74) is 6.72. The summed E-state index contributed by atoms with van der Waals surface area (Å²) in [5, 5.41) is 1.69. The van der Waals surface area contributed by atoms with E-state index in [4.69, 9.17) is 5.73 Å². The molecule has 0 spiro atoms. The maximum atomic E-state index is 5.97. The fourth-order valence-corrected chi connectivity index (χ4v) is 2.20. The van der Waals surface area contributed by atoms with Crippen LogP contribution in [0.1, 0.15) is 32.2 Å². The first-order valence-corrected chi connectivity index (χ1v) is 6.78. The second-order valence-corrected chi connectivity index (χ2v) is 6.27. The highest BCUT2D eigenvalue weighted by Gasteiger charge is 2.20. The molecule has 0 atom stereocenters. The summed E-state index contributed by atoms with van der Waals surface area (Å²) in [5.74, 6) is 1.27. The SMILES string of the molecule is Cc1c(N)nc(C(C)(C)C)nc1Sc1ccncn1. The molecule has 0 amide bonds. The summed E-state index contributed by atoms with van der Waals surface area (Å²) in [6.45, 7) is 8.12. The number of rotatable bonds is 2. The molecule has 0 aliphatic heterocycles. The Morgan fingerprint density at radius 3 is 2.53 bits per heavy atom. The van der Waals surface area contributed by atoms with Gasteiger partial charge in [-0.1, -0.05) is 20.8 Å². The summed E-state index contributed by atoms with van der Waals surface area (Å²) < 4.78 is 0. The van der Waals surface area contributed by atoms with Gasteiger partial charge in [0.25, 0.3) is 0 Å². The van der Waals surface area contributed by atoms with Crippen molar-refractivity contribution in [2.24, 2.45) is 0 Å². The number of hydrogen-bond donors (Lipinski definition) is 1. The smallest absolute Gasteiger partial charge is 0.137 e. The molecule has 0 saturated carbocycles. The Morgan fingerprint density at radius 2 is 1.95 bits per heavy atom. The van der Waals surface area contributed by atoms with Crippen LogP contribution in [0.2, 0.25) is 0 Å². The van der Waals surface area contributed by atoms with Crippen molar-refractivity contribution in [1.82, 2.24) is 19.9 Å². The van der Waals surface area contributed by atoms with E-state index in [-0.39, 0.29) is 5.41 Å². The molecule has 0 aliphatic rings. The van der Waals surface area contributed by atoms with Gasteiger partial charge in [0.1, 0.15) is 28.0 Å². The number of anilines is 1. The van der Waals surface area contributed by atoms with Gasteiger partial charge < -0.3 is 5.73 Å². The van der Waals surface area contributed by atoms with Crippen LogP contribution >= 0.6 is 11.8 Å². The zero-order chi connectivity index (χ0) is 14.0. The van der Waals surface area contributed by atoms with Gasteiger partial charge in [0.2, 0.25) is 0 Å². The Morgan fingerprint density at radius 1 is 1.21 bits per heavy atom. The van der Waals surface area contributed by atoms with E-state index in [2.05, 4.69) is 40.7 Å². The summed E-state index contributed by atoms with van der Waals surface area (Å²) in [4.78, 5) is 17.1. The van der Waals surface area contributed by atoms with Gasteiger partial charge in [0.05, 0.1) is 0 Å². The topological polar surface area (TPSA) is 77.6 Å². The van der Waals surface area contributed by atoms with E-state index < -0.39 is 0 Å². The lowest BCUT2D eigenvalue weighted by Crippen LogP contribution is -2.18. The van der Waals surface area contributed by atoms with Crippen LogP contribution in [-0.2, 0) is 5.41 Å². The molecular formula is C13H17N5S. The molecule has 0 unspecified atom stereocenters. The number of hydrogen-bond acceptors (Lipinski definition) is 6. The minimum Gasteiger partial charge on any atom is -0.383 e. The molecule has 19 heavy (non-hydrogen) atoms. The van der Waals surface area contributed by atoms with Gasteiger partial charge in [-0.05, 0) is 24.8 Å². The second-order valence-electron chi connectivity index (χ2n) is 5.26. The Labute approximate surface area is 117 Å². The van der Waals surface area contributed by atoms with E-state index >= 15 is 0 Å². The lowest BCUT2D eigenvalue weighted by molar-refractivity contribution is 0.538. The average Bonchev–Trinajstić information content (AvgIpc) is 2.34. The number of nitrogens with zero attached hydrogens (tertiary/aromatic N) is 4. The van der Waals surface area contributed by atoms with Gasteiger partial charge in [-0.3, -0.25) is 0 Å². The predicted molar refractivity (Wildman–Crippen MR) is 76.0 cm³/mol. The molecule has 6 heteroatoms. The molecule has 2 aromatic heterocycles. The first-order chi connectivity index (χ1) is 8.88. The van der Waals surface area contributed by atoms with Crippen molar-refractivity contribution in [3.63, 3.8) is 0 Å². The lowest BCUT2D eigenvalue weighted by Gasteiger charge is -2.18. The van der Waals surface area contributed by atoms with Crippen LogP contribution in [0.15, 0.2) is 28.6 Å². The molecule has 2 heterocycles. The molecule has 0 aliphatic carbocycles. The van der Waals surface area contributed by atoms with Crippen molar-refractivity contribution in [2.45, 2.75) is 43.2 Å². The van der Waals surface area contributed by atoms with Gasteiger partial charge in [-0.15, -0.1) is 0 Å². The molecule has 2 N–H and O–H groups in total. The second kappa shape index (κ2) is 5.13. The Bertz CT molecular complexity index is 578. The number of nitrogen functional groups attached to an aromatic ring is 1. The van der Waals surface area contributed by atoms with E-state index in [1.165, 1.54) is 18.1 Å². The third-order valence-corrected chi connectivity index (χ3v) is 3.61. The normalized spacial score (nSPS) is 11.6. The standard InChI is InChI=1S/C13H17N5S/c1-8-10(14)17-12(13(2,3)4)18-11(8)19-9-5-6-15-7-16-9/h5-7H,1-4H3,(H2,14,17,18). The summed E-state index contributed by atoms with van der Waals surface area (Å²) in [7, 11) is 0. The predicted octanol–water partition coefficient (Wildman–Crippen LogP) is 2.61. The van der Waals surface area contributed by atoms with Crippen LogP contribution in [0.4, 0.5) is 5.82 Å². The molecule has 0 aromatic carbocycles. The summed E-state index contributed by atoms with van der Waals surface area (Å²) in [6.07, 6.45) is 3.23. The van der Waals surface area contributed by atoms with E-state index in [1.807, 2.05) is 13.0 Å². The van der Waals surface area contributed by atoms with Crippen molar-refractivity contribution < 1.29 is 0 Å². The Hall–Kier alpha value is -1.69. The molecule has 0 radical (unpaired) electrons. The van der Waals surface area contributed by atoms with Crippen molar-refractivity contribution in [2.75, 3.05) is 5.73 Å². The van der Waals surface area contributed by atoms with Crippen molar-refractivity contribution in [1.29, 1.82) is 0 Å². The zero-order valence-electron chi connectivity index (χ0n) is 11.5. The zero-order valence-corrected chi connectivity index (χ0v) is 12.3. The largest absolute Gasteiger partial charge is 0.383 e. The maximum absolute atomic E-state index is 5.97. The molecule has 2 aromatic rings. The van der Waals surface area contributed by atoms with Crippen LogP contribution in [0.5, 0.6) is 0 Å². The van der Waals surface area contributed by atoms with Crippen LogP contribution in [0.3, 0.4) is 0 Å². The van der Waals surface area contributed by atoms with Crippen molar-refractivity contribution in [3.8, 4) is 0 Å². The first-order valence-electron chi connectivity index (χ1n) is 5.96. The minimum absolute atomic E-state index is 0.136. The van der Waals surface area contributed by atoms with E-state index in [1.54, 1.807) is 6.20 Å². The van der Waals surface area contributed by atoms with E-state index in [9.17, 15) is 0 Å². The van der Waals surface area contributed by atoms with Crippen molar-refractivity contribution >= 4 is 17.6 Å². The summed E-state index contributed by atoms with van der Waals surface area (Å²) in [6, 6.07) is 1.85. The average molecular weight is 275 g/mol. The van der Waals surface area contributed by atoms with Gasteiger partial charge in [-0.25, -0.2) is 19.9 Å². The van der Waals surface area contributed by atoms with Crippen LogP contribution in [0, 0.1) is 6.92 Å². The lowest BCUT2D eigenvalue weighted by atomic mass is 9.95. The monoisotopic (exact) mass is 275 g/mol. The third-order valence-electron chi connectivity index (χ3n) is 2.57. The highest BCUT2D eigenvalue weighted by atomic mass is 32.2. The van der Waals surface area contributed by atoms with Crippen molar-refractivity contribution in [3.05, 3.63) is 30.0 Å². The number of nitrogens with two attached hydrogens (primary N) is 1. The molecule has 5 nitrogen and oxygen atoms in total. The van der Waals surface area contributed by atoms with Gasteiger partial charge >= 0.3 is 0 Å². The number of aromatic nitrogens is 4. The van der Waals surface area contributed by atoms with Crippen LogP contribution < -0.4 is 5.73 Å². The molecule has 100 valence electrons. The first kappa shape index (κ1) is 13.7. The van der Waals surface area contributed by atoms with Crippen LogP contribution in [-0.4, -0.2) is 19.9 Å². The van der Waals surface area contributed by atoms with Gasteiger partial charge in [-0.2, -0.15) is 0 Å². The Balaban J connectivity index is 2.42. The molecule has 0 saturated heterocycles. The molecule has 0 fully saturated rings. The fraction of sp³-hybridized carbons (Fsp3) is 0.385. The van der Waals surface area contributed by atoms with Crippen LogP contribution in [0.25, 0.3) is 0 Å². The van der Waals surface area contributed by atoms with E-state index in [0.29, 0.717) is 5.82 Å². The Kier molecular flexibility index (Phi) is 3.71. The highest BCUT2D eigenvalue weighted by Crippen LogP contribution is 2.31. The molecule has 2 rings (SSSR count). The quantitative estimate of drug-likeness (QED) is 0.849. The fourth-order valence-electron chi connectivity index (χ4n) is 1.39. The third kappa shape index (κ3) is 3.20. The van der Waals surface area contributed by atoms with Gasteiger partial charge in [0, 0.05) is 17.2 Å². The van der Waals surface area contributed by atoms with E-state index in [0.717, 1.165) is 21.4 Å². The molecular weight excluding hydrogens is 258 g/mol. The van der Waals surface area contributed by atoms with Gasteiger partial charge in [0.15, 0.2) is 0 Å².